The molecule has 0 bridgehead atoms. The average molecular weight is 391 g/mol. The van der Waals surface area contributed by atoms with Gasteiger partial charge in [0.25, 0.3) is 0 Å². The normalized spacial score (nSPS) is 19.1. The Hall–Kier alpha value is -2.12. The molecular weight excluding hydrogens is 364 g/mol. The Kier molecular flexibility index (Phi) is 6.01. The molecule has 2 heterocycles. The van der Waals surface area contributed by atoms with E-state index in [0.29, 0.717) is 31.1 Å². The first-order valence-corrected chi connectivity index (χ1v) is 10.8. The van der Waals surface area contributed by atoms with Crippen LogP contribution in [0, 0.1) is 0 Å². The van der Waals surface area contributed by atoms with Crippen LogP contribution in [0.2, 0.25) is 0 Å². The number of nitrogens with one attached hydrogen (secondary N) is 1. The average Bonchev–Trinajstić information content (AvgIpc) is 3.37. The maximum Gasteiger partial charge on any atom is 0.243 e. The van der Waals surface area contributed by atoms with Gasteiger partial charge in [0, 0.05) is 6.54 Å². The van der Waals surface area contributed by atoms with Gasteiger partial charge in [0.05, 0.1) is 17.7 Å². The van der Waals surface area contributed by atoms with Crippen LogP contribution in [0.15, 0.2) is 52.0 Å². The smallest absolute Gasteiger partial charge is 0.243 e. The van der Waals surface area contributed by atoms with E-state index in [1.165, 1.54) is 10.6 Å². The minimum Gasteiger partial charge on any atom is -0.467 e. The molecule has 1 aromatic carbocycles. The molecule has 2 atom stereocenters. The molecule has 27 heavy (non-hydrogen) atoms. The molecule has 0 unspecified atom stereocenters. The van der Waals surface area contributed by atoms with Crippen LogP contribution in [0.5, 0.6) is 0 Å². The van der Waals surface area contributed by atoms with Gasteiger partial charge in [-0.3, -0.25) is 4.79 Å². The van der Waals surface area contributed by atoms with E-state index in [1.807, 2.05) is 12.1 Å². The van der Waals surface area contributed by atoms with Crippen LogP contribution in [0.3, 0.4) is 0 Å². The van der Waals surface area contributed by atoms with Gasteiger partial charge >= 0.3 is 0 Å². The summed E-state index contributed by atoms with van der Waals surface area (Å²) in [6.45, 7) is 4.82. The van der Waals surface area contributed by atoms with E-state index in [9.17, 15) is 13.2 Å². The fourth-order valence-electron chi connectivity index (χ4n) is 3.33. The summed E-state index contributed by atoms with van der Waals surface area (Å²) >= 11 is 0. The number of furan rings is 1. The standard InChI is InChI=1S/C20H26N2O4S/c1-3-15(2)16-8-10-18(11-9-16)27(24,25)22-12-4-7-19(22)20(23)21-14-17-6-5-13-26-17/h5-6,8-11,13,15,19H,3-4,7,12,14H2,1-2H3,(H,21,23)/t15-,19-/m0/s1. The van der Waals surface area contributed by atoms with Crippen LogP contribution in [0.4, 0.5) is 0 Å². The maximum absolute atomic E-state index is 13.1. The van der Waals surface area contributed by atoms with E-state index in [0.717, 1.165) is 12.0 Å². The van der Waals surface area contributed by atoms with Gasteiger partial charge in [0.15, 0.2) is 0 Å². The summed E-state index contributed by atoms with van der Waals surface area (Å²) < 4.78 is 32.6. The van der Waals surface area contributed by atoms with Crippen molar-refractivity contribution in [2.75, 3.05) is 6.54 Å². The molecule has 0 aliphatic carbocycles. The number of nitrogens with zero attached hydrogens (tertiary/aromatic N) is 1. The van der Waals surface area contributed by atoms with Crippen LogP contribution in [-0.4, -0.2) is 31.2 Å². The Balaban J connectivity index is 1.73. The van der Waals surface area contributed by atoms with E-state index in [-0.39, 0.29) is 17.3 Å². The molecule has 0 radical (unpaired) electrons. The Morgan fingerprint density at radius 2 is 2.04 bits per heavy atom. The lowest BCUT2D eigenvalue weighted by molar-refractivity contribution is -0.124. The first-order chi connectivity index (χ1) is 12.9. The SMILES string of the molecule is CC[C@H](C)c1ccc(S(=O)(=O)N2CCC[C@H]2C(=O)NCc2ccco2)cc1. The second kappa shape index (κ2) is 8.27. The van der Waals surface area contributed by atoms with Crippen molar-refractivity contribution in [1.29, 1.82) is 0 Å². The van der Waals surface area contributed by atoms with Gasteiger partial charge in [-0.05, 0) is 55.0 Å². The van der Waals surface area contributed by atoms with E-state index in [2.05, 4.69) is 19.2 Å². The lowest BCUT2D eigenvalue weighted by atomic mass is 9.99. The highest BCUT2D eigenvalue weighted by molar-refractivity contribution is 7.89. The number of amides is 1. The minimum absolute atomic E-state index is 0.236. The van der Waals surface area contributed by atoms with Gasteiger partial charge in [-0.2, -0.15) is 4.31 Å². The predicted molar refractivity (Wildman–Crippen MR) is 103 cm³/mol. The van der Waals surface area contributed by atoms with Crippen LogP contribution < -0.4 is 5.32 Å². The topological polar surface area (TPSA) is 79.6 Å². The number of hydrogen-bond acceptors (Lipinski definition) is 4. The number of sulfonamides is 1. The summed E-state index contributed by atoms with van der Waals surface area (Å²) in [5.41, 5.74) is 1.12. The Morgan fingerprint density at radius 3 is 2.67 bits per heavy atom. The molecule has 1 amide bonds. The van der Waals surface area contributed by atoms with Crippen molar-refractivity contribution in [2.24, 2.45) is 0 Å². The van der Waals surface area contributed by atoms with Crippen molar-refractivity contribution in [3.63, 3.8) is 0 Å². The monoisotopic (exact) mass is 390 g/mol. The molecule has 6 nitrogen and oxygen atoms in total. The largest absolute Gasteiger partial charge is 0.467 e. The van der Waals surface area contributed by atoms with E-state index >= 15 is 0 Å². The molecule has 146 valence electrons. The molecule has 1 fully saturated rings. The second-order valence-corrected chi connectivity index (χ2v) is 8.84. The molecule has 3 rings (SSSR count). The number of hydrogen-bond donors (Lipinski definition) is 1. The molecule has 0 saturated carbocycles. The van der Waals surface area contributed by atoms with Crippen molar-refractivity contribution in [3.8, 4) is 0 Å². The first-order valence-electron chi connectivity index (χ1n) is 9.35. The van der Waals surface area contributed by atoms with Gasteiger partial charge in [0.2, 0.25) is 15.9 Å². The highest BCUT2D eigenvalue weighted by atomic mass is 32.2. The molecule has 1 aliphatic rings. The first kappa shape index (κ1) is 19.6. The zero-order valence-electron chi connectivity index (χ0n) is 15.7. The summed E-state index contributed by atoms with van der Waals surface area (Å²) in [6, 6.07) is 9.85. The lowest BCUT2D eigenvalue weighted by Crippen LogP contribution is -2.45. The van der Waals surface area contributed by atoms with E-state index in [1.54, 1.807) is 24.3 Å². The second-order valence-electron chi connectivity index (χ2n) is 6.95. The molecule has 7 heteroatoms. The third kappa shape index (κ3) is 4.25. The van der Waals surface area contributed by atoms with Gasteiger partial charge in [-0.1, -0.05) is 26.0 Å². The third-order valence-electron chi connectivity index (χ3n) is 5.19. The Bertz CT molecular complexity index is 860. The fourth-order valence-corrected chi connectivity index (χ4v) is 4.99. The third-order valence-corrected chi connectivity index (χ3v) is 7.11. The van der Waals surface area contributed by atoms with Crippen LogP contribution in [-0.2, 0) is 21.4 Å². The van der Waals surface area contributed by atoms with Crippen LogP contribution in [0.1, 0.15) is 50.4 Å². The molecule has 1 saturated heterocycles. The summed E-state index contributed by atoms with van der Waals surface area (Å²) in [5.74, 6) is 0.730. The molecule has 1 aromatic heterocycles. The Morgan fingerprint density at radius 1 is 1.30 bits per heavy atom. The zero-order valence-corrected chi connectivity index (χ0v) is 16.5. The van der Waals surface area contributed by atoms with Gasteiger partial charge < -0.3 is 9.73 Å². The van der Waals surface area contributed by atoms with Crippen molar-refractivity contribution >= 4 is 15.9 Å². The lowest BCUT2D eigenvalue weighted by Gasteiger charge is -2.23. The number of carbonyl (C=O) groups is 1. The number of benzene rings is 1. The van der Waals surface area contributed by atoms with Crippen molar-refractivity contribution < 1.29 is 17.6 Å². The molecule has 2 aromatic rings. The van der Waals surface area contributed by atoms with Gasteiger partial charge in [-0.15, -0.1) is 0 Å². The maximum atomic E-state index is 13.1. The van der Waals surface area contributed by atoms with E-state index < -0.39 is 16.1 Å². The Labute approximate surface area is 160 Å². The van der Waals surface area contributed by atoms with Gasteiger partial charge in [-0.25, -0.2) is 8.42 Å². The number of rotatable bonds is 7. The predicted octanol–water partition coefficient (Wildman–Crippen LogP) is 3.26. The highest BCUT2D eigenvalue weighted by Crippen LogP contribution is 2.28. The summed E-state index contributed by atoms with van der Waals surface area (Å²) in [4.78, 5) is 12.8. The molecule has 1 N–H and O–H groups in total. The molecular formula is C20H26N2O4S. The summed E-state index contributed by atoms with van der Waals surface area (Å²) in [6.07, 6.45) is 3.73. The zero-order chi connectivity index (χ0) is 19.4. The molecule has 1 aliphatic heterocycles. The summed E-state index contributed by atoms with van der Waals surface area (Å²) in [7, 11) is -3.71. The van der Waals surface area contributed by atoms with Crippen molar-refractivity contribution in [3.05, 3.63) is 54.0 Å². The quantitative estimate of drug-likeness (QED) is 0.787. The highest BCUT2D eigenvalue weighted by Gasteiger charge is 2.39. The van der Waals surface area contributed by atoms with Gasteiger partial charge in [0.1, 0.15) is 11.8 Å². The fraction of sp³-hybridized carbons (Fsp3) is 0.450. The number of carbonyl (C=O) groups excluding carboxylic acids is 1. The van der Waals surface area contributed by atoms with Crippen LogP contribution >= 0.6 is 0 Å². The van der Waals surface area contributed by atoms with E-state index in [4.69, 9.17) is 4.42 Å². The van der Waals surface area contributed by atoms with Crippen molar-refractivity contribution in [1.82, 2.24) is 9.62 Å². The van der Waals surface area contributed by atoms with Crippen LogP contribution in [0.25, 0.3) is 0 Å². The van der Waals surface area contributed by atoms with Crippen molar-refractivity contribution in [2.45, 2.75) is 56.5 Å². The summed E-state index contributed by atoms with van der Waals surface area (Å²) in [5, 5.41) is 2.77. The molecule has 0 spiro atoms. The minimum atomic E-state index is -3.71.